The van der Waals surface area contributed by atoms with Gasteiger partial charge in [-0.15, -0.1) is 10.2 Å². The van der Waals surface area contributed by atoms with Crippen LogP contribution in [0.25, 0.3) is 5.69 Å². The number of aromatic nitrogens is 4. The molecule has 1 aliphatic heterocycles. The molecule has 0 fully saturated rings. The largest absolute Gasteiger partial charge is 0.298 e. The summed E-state index contributed by atoms with van der Waals surface area (Å²) in [4.78, 5) is 4.56. The van der Waals surface area contributed by atoms with Gasteiger partial charge in [0.2, 0.25) is 0 Å². The maximum Gasteiger partial charge on any atom is 0.151 e. The summed E-state index contributed by atoms with van der Waals surface area (Å²) in [5, 5.41) is 13.0. The van der Waals surface area contributed by atoms with Crippen LogP contribution in [0, 0.1) is 6.92 Å². The predicted octanol–water partition coefficient (Wildman–Crippen LogP) is 3.47. The van der Waals surface area contributed by atoms with Gasteiger partial charge in [-0.3, -0.25) is 9.88 Å². The topological polar surface area (TPSA) is 55.6 Å². The standard InChI is InChI=1S/C16H13Cl2N5/c1-9-21-22-14-8-19-15(10-4-2-3-5-11(10)17)16-12(23(9)14)6-7-13(18)20-16/h2-7,15,19H,8H2,1H3. The van der Waals surface area contributed by atoms with E-state index >= 15 is 0 Å². The molecule has 7 heteroatoms. The summed E-state index contributed by atoms with van der Waals surface area (Å²) in [6.45, 7) is 2.48. The molecule has 0 amide bonds. The van der Waals surface area contributed by atoms with Crippen molar-refractivity contribution in [2.24, 2.45) is 0 Å². The van der Waals surface area contributed by atoms with Gasteiger partial charge in [-0.25, -0.2) is 4.98 Å². The molecule has 1 atom stereocenters. The molecule has 1 N–H and O–H groups in total. The lowest BCUT2D eigenvalue weighted by Gasteiger charge is -2.19. The number of nitrogens with zero attached hydrogens (tertiary/aromatic N) is 4. The summed E-state index contributed by atoms with van der Waals surface area (Å²) in [5.41, 5.74) is 2.69. The third kappa shape index (κ3) is 2.41. The third-order valence-corrected chi connectivity index (χ3v) is 4.51. The van der Waals surface area contributed by atoms with Crippen LogP contribution in [0.1, 0.15) is 28.9 Å². The molecule has 3 heterocycles. The number of hydrogen-bond acceptors (Lipinski definition) is 4. The quantitative estimate of drug-likeness (QED) is 0.686. The molecule has 5 nitrogen and oxygen atoms in total. The molecule has 0 aliphatic carbocycles. The number of nitrogens with one attached hydrogen (secondary N) is 1. The summed E-state index contributed by atoms with van der Waals surface area (Å²) in [5.74, 6) is 1.65. The number of aryl methyl sites for hydroxylation is 1. The Hall–Kier alpha value is -1.95. The number of pyridine rings is 1. The van der Waals surface area contributed by atoms with Crippen molar-refractivity contribution in [1.29, 1.82) is 0 Å². The van der Waals surface area contributed by atoms with Crippen LogP contribution in [-0.4, -0.2) is 19.7 Å². The van der Waals surface area contributed by atoms with E-state index in [0.717, 1.165) is 28.6 Å². The average Bonchev–Trinajstić information content (AvgIpc) is 2.82. The SMILES string of the molecule is Cc1nnc2n1-c1ccc(Cl)nc1C(c1ccccc1Cl)NC2. The minimum Gasteiger partial charge on any atom is -0.298 e. The van der Waals surface area contributed by atoms with E-state index in [1.807, 2.05) is 41.8 Å². The van der Waals surface area contributed by atoms with Crippen molar-refractivity contribution in [3.8, 4) is 5.69 Å². The van der Waals surface area contributed by atoms with Crippen molar-refractivity contribution >= 4 is 23.2 Å². The molecular formula is C16H13Cl2N5. The first kappa shape index (κ1) is 14.6. The van der Waals surface area contributed by atoms with Gasteiger partial charge < -0.3 is 0 Å². The van der Waals surface area contributed by atoms with Gasteiger partial charge in [0.25, 0.3) is 0 Å². The van der Waals surface area contributed by atoms with Crippen LogP contribution in [0.5, 0.6) is 0 Å². The Kier molecular flexibility index (Phi) is 3.56. The van der Waals surface area contributed by atoms with Crippen LogP contribution in [0.15, 0.2) is 36.4 Å². The molecule has 3 aromatic rings. The minimum absolute atomic E-state index is 0.168. The normalized spacial score (nSPS) is 16.6. The van der Waals surface area contributed by atoms with Crippen molar-refractivity contribution in [3.05, 3.63) is 69.5 Å². The first-order valence-electron chi connectivity index (χ1n) is 7.20. The molecule has 23 heavy (non-hydrogen) atoms. The molecule has 0 radical (unpaired) electrons. The average molecular weight is 346 g/mol. The molecule has 0 spiro atoms. The molecule has 0 saturated carbocycles. The Morgan fingerprint density at radius 1 is 1.13 bits per heavy atom. The fourth-order valence-electron chi connectivity index (χ4n) is 2.93. The van der Waals surface area contributed by atoms with E-state index < -0.39 is 0 Å². The molecule has 1 aromatic carbocycles. The molecule has 116 valence electrons. The highest BCUT2D eigenvalue weighted by molar-refractivity contribution is 6.31. The highest BCUT2D eigenvalue weighted by Gasteiger charge is 2.28. The van der Waals surface area contributed by atoms with Crippen molar-refractivity contribution in [2.75, 3.05) is 0 Å². The summed E-state index contributed by atoms with van der Waals surface area (Å²) in [6.07, 6.45) is 0. The molecule has 1 aliphatic rings. The zero-order chi connectivity index (χ0) is 16.0. The van der Waals surface area contributed by atoms with Gasteiger partial charge >= 0.3 is 0 Å². The Bertz CT molecular complexity index is 890. The van der Waals surface area contributed by atoms with E-state index in [1.54, 1.807) is 6.07 Å². The Morgan fingerprint density at radius 3 is 2.78 bits per heavy atom. The number of rotatable bonds is 1. The van der Waals surface area contributed by atoms with Gasteiger partial charge in [-0.05, 0) is 30.7 Å². The Labute approximate surface area is 143 Å². The Morgan fingerprint density at radius 2 is 1.96 bits per heavy atom. The predicted molar refractivity (Wildman–Crippen MR) is 89.0 cm³/mol. The van der Waals surface area contributed by atoms with Gasteiger partial charge in [0, 0.05) is 5.02 Å². The lowest BCUT2D eigenvalue weighted by molar-refractivity contribution is 0.588. The smallest absolute Gasteiger partial charge is 0.151 e. The second-order valence-electron chi connectivity index (χ2n) is 5.37. The molecule has 2 aromatic heterocycles. The summed E-state index contributed by atoms with van der Waals surface area (Å²) < 4.78 is 2.00. The van der Waals surface area contributed by atoms with Crippen molar-refractivity contribution < 1.29 is 0 Å². The fraction of sp³-hybridized carbons (Fsp3) is 0.188. The van der Waals surface area contributed by atoms with E-state index in [0.29, 0.717) is 16.7 Å². The second-order valence-corrected chi connectivity index (χ2v) is 6.17. The second kappa shape index (κ2) is 5.60. The zero-order valence-corrected chi connectivity index (χ0v) is 13.8. The number of fused-ring (bicyclic) bond motifs is 3. The summed E-state index contributed by atoms with van der Waals surface area (Å²) in [6, 6.07) is 11.3. The highest BCUT2D eigenvalue weighted by Crippen LogP contribution is 2.34. The Balaban J connectivity index is 1.97. The van der Waals surface area contributed by atoms with Crippen LogP contribution in [0.3, 0.4) is 0 Å². The van der Waals surface area contributed by atoms with Crippen LogP contribution in [0.2, 0.25) is 10.2 Å². The highest BCUT2D eigenvalue weighted by atomic mass is 35.5. The van der Waals surface area contributed by atoms with E-state index in [1.165, 1.54) is 0 Å². The molecule has 0 saturated heterocycles. The first-order chi connectivity index (χ1) is 11.1. The van der Waals surface area contributed by atoms with Gasteiger partial charge in [0.15, 0.2) is 5.82 Å². The lowest BCUT2D eigenvalue weighted by Crippen LogP contribution is -2.22. The van der Waals surface area contributed by atoms with Gasteiger partial charge in [0.05, 0.1) is 24.0 Å². The maximum atomic E-state index is 6.40. The first-order valence-corrected chi connectivity index (χ1v) is 7.96. The molecule has 0 bridgehead atoms. The van der Waals surface area contributed by atoms with E-state index in [2.05, 4.69) is 20.5 Å². The maximum absolute atomic E-state index is 6.40. The number of halogens is 2. The van der Waals surface area contributed by atoms with Crippen LogP contribution in [-0.2, 0) is 6.54 Å². The number of benzene rings is 1. The van der Waals surface area contributed by atoms with Crippen LogP contribution < -0.4 is 5.32 Å². The van der Waals surface area contributed by atoms with Gasteiger partial charge in [-0.2, -0.15) is 0 Å². The van der Waals surface area contributed by atoms with E-state index in [4.69, 9.17) is 23.2 Å². The molecule has 1 unspecified atom stereocenters. The van der Waals surface area contributed by atoms with Crippen molar-refractivity contribution in [2.45, 2.75) is 19.5 Å². The minimum atomic E-state index is -0.168. The lowest BCUT2D eigenvalue weighted by atomic mass is 10.0. The van der Waals surface area contributed by atoms with Crippen LogP contribution >= 0.6 is 23.2 Å². The van der Waals surface area contributed by atoms with Crippen LogP contribution in [0.4, 0.5) is 0 Å². The van der Waals surface area contributed by atoms with Gasteiger partial charge in [0.1, 0.15) is 11.0 Å². The number of hydrogen-bond donors (Lipinski definition) is 1. The van der Waals surface area contributed by atoms with Gasteiger partial charge in [-0.1, -0.05) is 41.4 Å². The summed E-state index contributed by atoms with van der Waals surface area (Å²) >= 11 is 12.5. The van der Waals surface area contributed by atoms with E-state index in [-0.39, 0.29) is 6.04 Å². The van der Waals surface area contributed by atoms with Crippen molar-refractivity contribution in [1.82, 2.24) is 25.1 Å². The fourth-order valence-corrected chi connectivity index (χ4v) is 3.33. The molecular weight excluding hydrogens is 333 g/mol. The molecule has 4 rings (SSSR count). The van der Waals surface area contributed by atoms with Crippen molar-refractivity contribution in [3.63, 3.8) is 0 Å². The monoisotopic (exact) mass is 345 g/mol. The van der Waals surface area contributed by atoms with E-state index in [9.17, 15) is 0 Å². The summed E-state index contributed by atoms with van der Waals surface area (Å²) in [7, 11) is 0. The third-order valence-electron chi connectivity index (χ3n) is 3.96. The zero-order valence-electron chi connectivity index (χ0n) is 12.3.